The molecule has 0 aliphatic carbocycles. The minimum atomic E-state index is -4.13. The highest BCUT2D eigenvalue weighted by Crippen LogP contribution is 2.33. The lowest BCUT2D eigenvalue weighted by atomic mass is 10.0. The fourth-order valence-electron chi connectivity index (χ4n) is 2.35. The second kappa shape index (κ2) is 7.12. The molecule has 108 valence electrons. The summed E-state index contributed by atoms with van der Waals surface area (Å²) in [5.74, 6) is 0. The molecular formula is C13H18ClF3N2. The number of benzene rings is 1. The van der Waals surface area contributed by atoms with E-state index in [-0.39, 0.29) is 12.4 Å². The number of hydrogen-bond donors (Lipinski definition) is 1. The lowest BCUT2D eigenvalue weighted by Crippen LogP contribution is -2.46. The summed E-state index contributed by atoms with van der Waals surface area (Å²) in [6.07, 6.45) is -4.91. The van der Waals surface area contributed by atoms with Gasteiger partial charge in [0.05, 0.1) is 6.42 Å². The van der Waals surface area contributed by atoms with Gasteiger partial charge in [0, 0.05) is 32.2 Å². The highest BCUT2D eigenvalue weighted by molar-refractivity contribution is 5.85. The maximum Gasteiger partial charge on any atom is 0.390 e. The van der Waals surface area contributed by atoms with E-state index in [1.165, 1.54) is 0 Å². The van der Waals surface area contributed by atoms with Crippen LogP contribution in [0.25, 0.3) is 0 Å². The first-order valence-electron chi connectivity index (χ1n) is 6.13. The number of nitrogens with one attached hydrogen (secondary N) is 1. The van der Waals surface area contributed by atoms with Crippen LogP contribution in [0.4, 0.5) is 13.2 Å². The average Bonchev–Trinajstić information content (AvgIpc) is 2.37. The summed E-state index contributed by atoms with van der Waals surface area (Å²) in [5, 5.41) is 3.16. The van der Waals surface area contributed by atoms with Crippen molar-refractivity contribution in [2.24, 2.45) is 0 Å². The summed E-state index contributed by atoms with van der Waals surface area (Å²) >= 11 is 0. The van der Waals surface area contributed by atoms with Gasteiger partial charge in [0.2, 0.25) is 0 Å². The van der Waals surface area contributed by atoms with Crippen molar-refractivity contribution < 1.29 is 13.2 Å². The third kappa shape index (κ3) is 5.01. The van der Waals surface area contributed by atoms with Crippen molar-refractivity contribution in [3.05, 3.63) is 35.9 Å². The Morgan fingerprint density at radius 3 is 2.21 bits per heavy atom. The van der Waals surface area contributed by atoms with E-state index in [9.17, 15) is 13.2 Å². The van der Waals surface area contributed by atoms with Gasteiger partial charge in [-0.3, -0.25) is 4.90 Å². The molecule has 0 spiro atoms. The maximum atomic E-state index is 12.7. The molecule has 1 N–H and O–H groups in total. The Balaban J connectivity index is 0.00000180. The Bertz CT molecular complexity index is 364. The predicted octanol–water partition coefficient (Wildman–Crippen LogP) is 3.01. The lowest BCUT2D eigenvalue weighted by molar-refractivity contribution is -0.148. The van der Waals surface area contributed by atoms with Gasteiger partial charge in [-0.15, -0.1) is 12.4 Å². The third-order valence-electron chi connectivity index (χ3n) is 3.20. The molecule has 0 aromatic heterocycles. The van der Waals surface area contributed by atoms with E-state index in [0.29, 0.717) is 13.1 Å². The molecular weight excluding hydrogens is 277 g/mol. The quantitative estimate of drug-likeness (QED) is 0.922. The van der Waals surface area contributed by atoms with Gasteiger partial charge in [-0.05, 0) is 5.56 Å². The van der Waals surface area contributed by atoms with E-state index in [0.717, 1.165) is 18.7 Å². The van der Waals surface area contributed by atoms with Crippen LogP contribution in [0.1, 0.15) is 18.0 Å². The van der Waals surface area contributed by atoms with Crippen molar-refractivity contribution in [3.8, 4) is 0 Å². The van der Waals surface area contributed by atoms with Gasteiger partial charge in [-0.25, -0.2) is 0 Å². The van der Waals surface area contributed by atoms with E-state index >= 15 is 0 Å². The van der Waals surface area contributed by atoms with Crippen LogP contribution in [-0.2, 0) is 0 Å². The molecule has 1 atom stereocenters. The Kier molecular flexibility index (Phi) is 6.10. The number of nitrogens with zero attached hydrogens (tertiary/aromatic N) is 1. The SMILES string of the molecule is Cl.FC(F)(F)C[C@@H](c1ccccc1)N1CCNCC1. The summed E-state index contributed by atoms with van der Waals surface area (Å²) < 4.78 is 38.1. The second-order valence-electron chi connectivity index (χ2n) is 4.53. The van der Waals surface area contributed by atoms with Crippen LogP contribution in [-0.4, -0.2) is 37.3 Å². The molecule has 0 radical (unpaired) electrons. The van der Waals surface area contributed by atoms with Crippen LogP contribution in [0.15, 0.2) is 30.3 Å². The normalized spacial score (nSPS) is 18.7. The van der Waals surface area contributed by atoms with E-state index in [1.807, 2.05) is 11.0 Å². The molecule has 1 aliphatic rings. The number of rotatable bonds is 3. The van der Waals surface area contributed by atoms with E-state index < -0.39 is 18.6 Å². The number of halogens is 4. The molecule has 1 saturated heterocycles. The Morgan fingerprint density at radius 2 is 1.68 bits per heavy atom. The van der Waals surface area contributed by atoms with Crippen molar-refractivity contribution in [3.63, 3.8) is 0 Å². The van der Waals surface area contributed by atoms with Crippen molar-refractivity contribution >= 4 is 12.4 Å². The van der Waals surface area contributed by atoms with Crippen molar-refractivity contribution in [2.75, 3.05) is 26.2 Å². The van der Waals surface area contributed by atoms with Crippen molar-refractivity contribution in [1.29, 1.82) is 0 Å². The highest BCUT2D eigenvalue weighted by Gasteiger charge is 2.35. The summed E-state index contributed by atoms with van der Waals surface area (Å²) in [6.45, 7) is 2.83. The van der Waals surface area contributed by atoms with Crippen molar-refractivity contribution in [1.82, 2.24) is 10.2 Å². The average molecular weight is 295 g/mol. The Hall–Kier alpha value is -0.780. The molecule has 0 amide bonds. The van der Waals surface area contributed by atoms with Gasteiger partial charge < -0.3 is 5.32 Å². The molecule has 0 unspecified atom stereocenters. The molecule has 1 aliphatic heterocycles. The number of piperazine rings is 1. The second-order valence-corrected chi connectivity index (χ2v) is 4.53. The monoisotopic (exact) mass is 294 g/mol. The van der Waals surface area contributed by atoms with E-state index in [2.05, 4.69) is 5.32 Å². The van der Waals surface area contributed by atoms with Crippen LogP contribution in [0, 0.1) is 0 Å². The first kappa shape index (κ1) is 16.3. The summed E-state index contributed by atoms with van der Waals surface area (Å²) in [7, 11) is 0. The molecule has 2 nitrogen and oxygen atoms in total. The molecule has 6 heteroatoms. The van der Waals surface area contributed by atoms with Crippen LogP contribution < -0.4 is 5.32 Å². The first-order chi connectivity index (χ1) is 8.56. The van der Waals surface area contributed by atoms with Gasteiger partial charge in [-0.1, -0.05) is 30.3 Å². The molecule has 0 bridgehead atoms. The molecule has 1 aromatic rings. The van der Waals surface area contributed by atoms with Gasteiger partial charge in [0.1, 0.15) is 0 Å². The summed E-state index contributed by atoms with van der Waals surface area (Å²) in [5.41, 5.74) is 0.747. The van der Waals surface area contributed by atoms with Gasteiger partial charge in [0.15, 0.2) is 0 Å². The zero-order chi connectivity index (χ0) is 13.0. The molecule has 19 heavy (non-hydrogen) atoms. The van der Waals surface area contributed by atoms with Crippen LogP contribution in [0.3, 0.4) is 0 Å². The number of hydrogen-bond acceptors (Lipinski definition) is 2. The lowest BCUT2D eigenvalue weighted by Gasteiger charge is -2.35. The van der Waals surface area contributed by atoms with Crippen LogP contribution in [0.2, 0.25) is 0 Å². The summed E-state index contributed by atoms with van der Waals surface area (Å²) in [6, 6.07) is 8.40. The van der Waals surface area contributed by atoms with Crippen LogP contribution in [0.5, 0.6) is 0 Å². The number of alkyl halides is 3. The fraction of sp³-hybridized carbons (Fsp3) is 0.538. The first-order valence-corrected chi connectivity index (χ1v) is 6.13. The zero-order valence-corrected chi connectivity index (χ0v) is 11.3. The Labute approximate surface area is 117 Å². The fourth-order valence-corrected chi connectivity index (χ4v) is 2.35. The molecule has 2 rings (SSSR count). The van der Waals surface area contributed by atoms with Crippen LogP contribution >= 0.6 is 12.4 Å². The zero-order valence-electron chi connectivity index (χ0n) is 10.5. The Morgan fingerprint density at radius 1 is 1.11 bits per heavy atom. The minimum absolute atomic E-state index is 0. The van der Waals surface area contributed by atoms with E-state index in [1.54, 1.807) is 24.3 Å². The third-order valence-corrected chi connectivity index (χ3v) is 3.20. The topological polar surface area (TPSA) is 15.3 Å². The summed E-state index contributed by atoms with van der Waals surface area (Å²) in [4.78, 5) is 1.92. The van der Waals surface area contributed by atoms with Gasteiger partial charge in [0.25, 0.3) is 0 Å². The molecule has 0 saturated carbocycles. The molecule has 1 heterocycles. The van der Waals surface area contributed by atoms with Gasteiger partial charge in [-0.2, -0.15) is 13.2 Å². The smallest absolute Gasteiger partial charge is 0.314 e. The predicted molar refractivity (Wildman–Crippen MR) is 71.5 cm³/mol. The largest absolute Gasteiger partial charge is 0.390 e. The van der Waals surface area contributed by atoms with E-state index in [4.69, 9.17) is 0 Å². The minimum Gasteiger partial charge on any atom is -0.314 e. The standard InChI is InChI=1S/C13H17F3N2.ClH/c14-13(15,16)10-12(11-4-2-1-3-5-11)18-8-6-17-7-9-18;/h1-5,12,17H,6-10H2;1H/t12-;/m0./s1. The highest BCUT2D eigenvalue weighted by atomic mass is 35.5. The maximum absolute atomic E-state index is 12.7. The molecule has 1 aromatic carbocycles. The molecule has 1 fully saturated rings. The van der Waals surface area contributed by atoms with Gasteiger partial charge >= 0.3 is 6.18 Å². The van der Waals surface area contributed by atoms with Crippen molar-refractivity contribution in [2.45, 2.75) is 18.6 Å².